The van der Waals surface area contributed by atoms with Crippen molar-refractivity contribution in [2.45, 2.75) is 6.92 Å². The highest BCUT2D eigenvalue weighted by atomic mass is 16.5. The van der Waals surface area contributed by atoms with Gasteiger partial charge in [0, 0.05) is 68.4 Å². The summed E-state index contributed by atoms with van der Waals surface area (Å²) in [4.78, 5) is 29.4. The van der Waals surface area contributed by atoms with E-state index in [1.807, 2.05) is 19.1 Å². The molecule has 1 fully saturated rings. The fraction of sp³-hybridized carbons (Fsp3) is 0.333. The number of nitrogens with zero attached hydrogens (tertiary/aromatic N) is 5. The van der Waals surface area contributed by atoms with Crippen LogP contribution in [0.25, 0.3) is 17.0 Å². The third-order valence-electron chi connectivity index (χ3n) is 7.56. The highest BCUT2D eigenvalue weighted by molar-refractivity contribution is 6.02. The molecule has 0 bridgehead atoms. The van der Waals surface area contributed by atoms with E-state index in [2.05, 4.69) is 63.9 Å². The molecule has 9 heteroatoms. The minimum atomic E-state index is -0.153. The van der Waals surface area contributed by atoms with Crippen molar-refractivity contribution in [2.24, 2.45) is 4.99 Å². The van der Waals surface area contributed by atoms with E-state index in [0.29, 0.717) is 29.5 Å². The zero-order chi connectivity index (χ0) is 27.7. The van der Waals surface area contributed by atoms with E-state index < -0.39 is 0 Å². The number of anilines is 2. The second-order valence-corrected chi connectivity index (χ2v) is 10.1. The number of hydrogen-bond donors (Lipinski definition) is 1. The summed E-state index contributed by atoms with van der Waals surface area (Å²) in [7, 11) is 7.14. The number of carbonyl (C=O) groups is 1. The van der Waals surface area contributed by atoms with E-state index in [1.165, 1.54) is 5.69 Å². The van der Waals surface area contributed by atoms with Crippen LogP contribution in [0.1, 0.15) is 12.5 Å². The van der Waals surface area contributed by atoms with E-state index in [4.69, 9.17) is 9.47 Å². The first-order valence-electron chi connectivity index (χ1n) is 13.0. The number of aliphatic imine (C=N–C) groups is 1. The fourth-order valence-corrected chi connectivity index (χ4v) is 5.32. The molecule has 3 heterocycles. The maximum Gasteiger partial charge on any atom is 0.329 e. The molecule has 0 saturated carbocycles. The number of rotatable bonds is 7. The number of piperazine rings is 1. The van der Waals surface area contributed by atoms with Crippen LogP contribution in [0.5, 0.6) is 11.5 Å². The molecule has 9 nitrogen and oxygen atoms in total. The van der Waals surface area contributed by atoms with Crippen molar-refractivity contribution in [1.82, 2.24) is 14.8 Å². The Hall–Kier alpha value is -4.24. The number of amides is 2. The summed E-state index contributed by atoms with van der Waals surface area (Å²) in [6.45, 7) is 10.4. The molecule has 204 valence electrons. The van der Waals surface area contributed by atoms with Crippen LogP contribution in [0.2, 0.25) is 0 Å². The molecule has 3 aromatic rings. The van der Waals surface area contributed by atoms with Gasteiger partial charge in [-0.1, -0.05) is 12.1 Å². The van der Waals surface area contributed by atoms with Crippen molar-refractivity contribution < 1.29 is 14.3 Å². The molecule has 5 rings (SSSR count). The first-order valence-corrected chi connectivity index (χ1v) is 13.0. The number of carbonyl (C=O) groups excluding carboxylic acids is 1. The van der Waals surface area contributed by atoms with Gasteiger partial charge in [-0.2, -0.15) is 0 Å². The topological polar surface area (TPSA) is 76.6 Å². The third-order valence-corrected chi connectivity index (χ3v) is 7.56. The number of H-pyrrole nitrogens is 1. The first kappa shape index (κ1) is 26.4. The summed E-state index contributed by atoms with van der Waals surface area (Å²) in [6, 6.07) is 16.0. The fourth-order valence-electron chi connectivity index (χ4n) is 5.32. The second kappa shape index (κ2) is 10.9. The molecule has 1 saturated heterocycles. The van der Waals surface area contributed by atoms with Crippen LogP contribution >= 0.6 is 0 Å². The van der Waals surface area contributed by atoms with E-state index in [9.17, 15) is 4.79 Å². The van der Waals surface area contributed by atoms with Gasteiger partial charge < -0.3 is 24.3 Å². The van der Waals surface area contributed by atoms with E-state index in [1.54, 1.807) is 37.1 Å². The largest absolute Gasteiger partial charge is 0.497 e. The highest BCUT2D eigenvalue weighted by Gasteiger charge is 2.32. The predicted octanol–water partition coefficient (Wildman–Crippen LogP) is 5.09. The SMILES string of the molecule is C=Nc1[nH]c(-c2ccc(N3CCN(C)CC3)cc2)cc1C1=C(C)CN(c2cc(OC)cc(OC)c2)C(=O)N1C. The van der Waals surface area contributed by atoms with Crippen LogP contribution in [0.4, 0.5) is 22.0 Å². The van der Waals surface area contributed by atoms with Gasteiger partial charge >= 0.3 is 6.03 Å². The molecule has 2 aromatic carbocycles. The average molecular weight is 529 g/mol. The minimum absolute atomic E-state index is 0.153. The van der Waals surface area contributed by atoms with Crippen LogP contribution in [0.3, 0.4) is 0 Å². The normalized spacial score (nSPS) is 16.6. The predicted molar refractivity (Wildman–Crippen MR) is 158 cm³/mol. The second-order valence-electron chi connectivity index (χ2n) is 10.1. The Labute approximate surface area is 229 Å². The Balaban J connectivity index is 1.44. The lowest BCUT2D eigenvalue weighted by molar-refractivity contribution is 0.229. The number of hydrogen-bond acceptors (Lipinski definition) is 6. The smallest absolute Gasteiger partial charge is 0.329 e. The maximum atomic E-state index is 13.6. The Kier molecular flexibility index (Phi) is 7.34. The van der Waals surface area contributed by atoms with Gasteiger partial charge in [-0.25, -0.2) is 9.79 Å². The Bertz CT molecular complexity index is 1380. The van der Waals surface area contributed by atoms with Crippen LogP contribution < -0.4 is 19.3 Å². The van der Waals surface area contributed by atoms with Crippen molar-refractivity contribution >= 4 is 35.6 Å². The monoisotopic (exact) mass is 528 g/mol. The molecule has 2 aliphatic heterocycles. The third kappa shape index (κ3) is 5.09. The molecule has 0 aliphatic carbocycles. The van der Waals surface area contributed by atoms with Gasteiger partial charge in [-0.15, -0.1) is 0 Å². The van der Waals surface area contributed by atoms with E-state index in [-0.39, 0.29) is 6.03 Å². The number of aromatic amines is 1. The van der Waals surface area contributed by atoms with Crippen LogP contribution in [0.15, 0.2) is 59.1 Å². The van der Waals surface area contributed by atoms with Gasteiger partial charge in [0.2, 0.25) is 0 Å². The summed E-state index contributed by atoms with van der Waals surface area (Å²) in [5.74, 6) is 1.89. The molecule has 2 aliphatic rings. The van der Waals surface area contributed by atoms with E-state index >= 15 is 0 Å². The first-order chi connectivity index (χ1) is 18.8. The standard InChI is InChI=1S/C30H36N6O3/c1-20-19-36(23-15-24(38-5)17-25(16-23)39-6)30(37)34(4)28(20)26-18-27(32-29(26)31-2)21-7-9-22(10-8-21)35-13-11-33(3)12-14-35/h7-10,15-18,32H,2,11-14,19H2,1,3-6H3. The maximum absolute atomic E-state index is 13.6. The molecule has 0 atom stereocenters. The Morgan fingerprint density at radius 2 is 1.54 bits per heavy atom. The quantitative estimate of drug-likeness (QED) is 0.433. The number of likely N-dealkylation sites (N-methyl/N-ethyl adjacent to an activating group) is 1. The van der Waals surface area contributed by atoms with Gasteiger partial charge in [-0.3, -0.25) is 9.80 Å². The number of nitrogens with one attached hydrogen (secondary N) is 1. The summed E-state index contributed by atoms with van der Waals surface area (Å²) in [5, 5.41) is 0. The van der Waals surface area contributed by atoms with Crippen molar-refractivity contribution in [1.29, 1.82) is 0 Å². The van der Waals surface area contributed by atoms with Crippen LogP contribution in [0, 0.1) is 0 Å². The van der Waals surface area contributed by atoms with Gasteiger partial charge in [0.1, 0.15) is 17.3 Å². The highest BCUT2D eigenvalue weighted by Crippen LogP contribution is 2.39. The van der Waals surface area contributed by atoms with Crippen molar-refractivity contribution in [3.63, 3.8) is 0 Å². The molecule has 0 radical (unpaired) electrons. The van der Waals surface area contributed by atoms with Crippen molar-refractivity contribution in [2.75, 3.05) is 70.8 Å². The lowest BCUT2D eigenvalue weighted by Crippen LogP contribution is -2.45. The summed E-state index contributed by atoms with van der Waals surface area (Å²) < 4.78 is 10.8. The molecule has 39 heavy (non-hydrogen) atoms. The summed E-state index contributed by atoms with van der Waals surface area (Å²) >= 11 is 0. The summed E-state index contributed by atoms with van der Waals surface area (Å²) in [5.41, 5.74) is 6.62. The Morgan fingerprint density at radius 3 is 2.13 bits per heavy atom. The molecular formula is C30H36N6O3. The Morgan fingerprint density at radius 1 is 0.897 bits per heavy atom. The molecular weight excluding hydrogens is 492 g/mol. The number of benzene rings is 2. The number of ether oxygens (including phenoxy) is 2. The van der Waals surface area contributed by atoms with Gasteiger partial charge in [0.15, 0.2) is 0 Å². The minimum Gasteiger partial charge on any atom is -0.497 e. The van der Waals surface area contributed by atoms with Crippen molar-refractivity contribution in [3.05, 3.63) is 59.7 Å². The van der Waals surface area contributed by atoms with Gasteiger partial charge in [-0.05, 0) is 50.0 Å². The molecule has 0 unspecified atom stereocenters. The van der Waals surface area contributed by atoms with Crippen LogP contribution in [-0.2, 0) is 0 Å². The summed E-state index contributed by atoms with van der Waals surface area (Å²) in [6.07, 6.45) is 0. The lowest BCUT2D eigenvalue weighted by Gasteiger charge is -2.36. The van der Waals surface area contributed by atoms with Crippen LogP contribution in [-0.4, -0.2) is 88.6 Å². The van der Waals surface area contributed by atoms with Crippen molar-refractivity contribution in [3.8, 4) is 22.8 Å². The number of urea groups is 1. The molecule has 0 spiro atoms. The zero-order valence-electron chi connectivity index (χ0n) is 23.3. The zero-order valence-corrected chi connectivity index (χ0v) is 23.3. The van der Waals surface area contributed by atoms with E-state index in [0.717, 1.165) is 54.3 Å². The molecule has 1 aromatic heterocycles. The van der Waals surface area contributed by atoms with Gasteiger partial charge in [0.05, 0.1) is 32.1 Å². The number of methoxy groups -OCH3 is 2. The number of aromatic nitrogens is 1. The van der Waals surface area contributed by atoms with Gasteiger partial charge in [0.25, 0.3) is 0 Å². The average Bonchev–Trinajstić information content (AvgIpc) is 3.39. The lowest BCUT2D eigenvalue weighted by atomic mass is 10.0. The molecule has 2 amide bonds. The molecule has 1 N–H and O–H groups in total.